The maximum atomic E-state index is 12.1. The third kappa shape index (κ3) is 2.88. The van der Waals surface area contributed by atoms with Gasteiger partial charge in [0.15, 0.2) is 0 Å². The molecule has 1 aromatic heterocycles. The first-order valence-corrected chi connectivity index (χ1v) is 6.60. The van der Waals surface area contributed by atoms with E-state index in [1.54, 1.807) is 10.9 Å². The van der Waals surface area contributed by atoms with Gasteiger partial charge in [0.25, 0.3) is 5.91 Å². The minimum atomic E-state index is -0.134. The van der Waals surface area contributed by atoms with Gasteiger partial charge in [0.2, 0.25) is 0 Å². The van der Waals surface area contributed by atoms with E-state index in [0.29, 0.717) is 11.6 Å². The molecule has 1 unspecified atom stereocenters. The van der Waals surface area contributed by atoms with Crippen LogP contribution in [0.15, 0.2) is 30.5 Å². The normalized spacial score (nSPS) is 12.2. The van der Waals surface area contributed by atoms with Gasteiger partial charge in [-0.2, -0.15) is 5.10 Å². The van der Waals surface area contributed by atoms with Crippen LogP contribution in [0.25, 0.3) is 0 Å². The number of aryl methyl sites for hydroxylation is 1. The third-order valence-electron chi connectivity index (χ3n) is 3.58. The molecule has 0 aliphatic rings. The second kappa shape index (κ2) is 5.88. The number of amides is 1. The Kier molecular flexibility index (Phi) is 4.20. The van der Waals surface area contributed by atoms with Gasteiger partial charge in [-0.05, 0) is 38.6 Å². The number of anilines is 1. The van der Waals surface area contributed by atoms with Crippen LogP contribution in [-0.4, -0.2) is 22.7 Å². The Morgan fingerprint density at radius 2 is 1.95 bits per heavy atom. The Hall–Kier alpha value is -2.14. The van der Waals surface area contributed by atoms with Gasteiger partial charge in [-0.25, -0.2) is 0 Å². The van der Waals surface area contributed by atoms with E-state index in [2.05, 4.69) is 22.7 Å². The monoisotopic (exact) mass is 272 g/mol. The fourth-order valence-electron chi connectivity index (χ4n) is 1.94. The van der Waals surface area contributed by atoms with E-state index in [1.165, 1.54) is 5.56 Å². The van der Waals surface area contributed by atoms with Crippen molar-refractivity contribution < 1.29 is 4.79 Å². The Morgan fingerprint density at radius 3 is 2.45 bits per heavy atom. The van der Waals surface area contributed by atoms with Gasteiger partial charge in [-0.15, -0.1) is 0 Å². The summed E-state index contributed by atoms with van der Waals surface area (Å²) in [5.41, 5.74) is 3.41. The molecule has 5 nitrogen and oxygen atoms in total. The van der Waals surface area contributed by atoms with Crippen molar-refractivity contribution >= 4 is 11.6 Å². The first-order chi connectivity index (χ1) is 9.52. The molecule has 2 aromatic rings. The number of nitrogens with one attached hydrogen (secondary N) is 2. The highest BCUT2D eigenvalue weighted by Gasteiger charge is 2.13. The smallest absolute Gasteiger partial charge is 0.259 e. The summed E-state index contributed by atoms with van der Waals surface area (Å²) in [6.07, 6.45) is 1.59. The van der Waals surface area contributed by atoms with E-state index in [1.807, 2.05) is 45.3 Å². The second-order valence-electron chi connectivity index (χ2n) is 4.85. The number of nitrogens with zero attached hydrogens (tertiary/aromatic N) is 2. The maximum absolute atomic E-state index is 12.1. The third-order valence-corrected chi connectivity index (χ3v) is 3.58. The van der Waals surface area contributed by atoms with E-state index in [4.69, 9.17) is 0 Å². The minimum absolute atomic E-state index is 0.134. The van der Waals surface area contributed by atoms with Crippen LogP contribution in [0.2, 0.25) is 0 Å². The van der Waals surface area contributed by atoms with Crippen LogP contribution < -0.4 is 10.6 Å². The summed E-state index contributed by atoms with van der Waals surface area (Å²) < 4.78 is 1.69. The van der Waals surface area contributed by atoms with Crippen molar-refractivity contribution in [1.82, 2.24) is 15.1 Å². The maximum Gasteiger partial charge on any atom is 0.259 e. The highest BCUT2D eigenvalue weighted by molar-refractivity contribution is 6.04. The Balaban J connectivity index is 2.10. The molecular formula is C15H20N4O. The average molecular weight is 272 g/mol. The van der Waals surface area contributed by atoms with Gasteiger partial charge >= 0.3 is 0 Å². The molecular weight excluding hydrogens is 252 g/mol. The van der Waals surface area contributed by atoms with Gasteiger partial charge < -0.3 is 10.6 Å². The molecule has 106 valence electrons. The molecule has 0 spiro atoms. The van der Waals surface area contributed by atoms with Crippen molar-refractivity contribution in [3.63, 3.8) is 0 Å². The molecule has 1 heterocycles. The number of aromatic nitrogens is 2. The number of benzene rings is 1. The standard InChI is InChI=1S/C15H20N4O/c1-10(16-3)12-5-7-13(8-6-12)18-15(20)14-9-17-19(4)11(14)2/h5-10,16H,1-4H3,(H,18,20). The molecule has 1 amide bonds. The summed E-state index contributed by atoms with van der Waals surface area (Å²) in [7, 11) is 3.74. The number of rotatable bonds is 4. The fraction of sp³-hybridized carbons (Fsp3) is 0.333. The number of carbonyl (C=O) groups excluding carboxylic acids is 1. The highest BCUT2D eigenvalue weighted by atomic mass is 16.1. The molecule has 0 aliphatic heterocycles. The van der Waals surface area contributed by atoms with Crippen molar-refractivity contribution in [2.75, 3.05) is 12.4 Å². The van der Waals surface area contributed by atoms with E-state index in [9.17, 15) is 4.79 Å². The zero-order valence-electron chi connectivity index (χ0n) is 12.3. The van der Waals surface area contributed by atoms with Crippen molar-refractivity contribution in [3.05, 3.63) is 47.3 Å². The lowest BCUT2D eigenvalue weighted by Crippen LogP contribution is -2.14. The second-order valence-corrected chi connectivity index (χ2v) is 4.85. The number of carbonyl (C=O) groups is 1. The van der Waals surface area contributed by atoms with E-state index in [-0.39, 0.29) is 5.91 Å². The highest BCUT2D eigenvalue weighted by Crippen LogP contribution is 2.17. The van der Waals surface area contributed by atoms with Crippen LogP contribution in [-0.2, 0) is 7.05 Å². The molecule has 0 radical (unpaired) electrons. The molecule has 0 fully saturated rings. The van der Waals surface area contributed by atoms with E-state index >= 15 is 0 Å². The largest absolute Gasteiger partial charge is 0.322 e. The SMILES string of the molecule is CNC(C)c1ccc(NC(=O)c2cnn(C)c2C)cc1. The van der Waals surface area contributed by atoms with Crippen molar-refractivity contribution in [2.45, 2.75) is 19.9 Å². The first kappa shape index (κ1) is 14.3. The average Bonchev–Trinajstić information content (AvgIpc) is 2.79. The van der Waals surface area contributed by atoms with Crippen LogP contribution >= 0.6 is 0 Å². The molecule has 0 bridgehead atoms. The van der Waals surface area contributed by atoms with Crippen LogP contribution in [0.1, 0.15) is 34.6 Å². The summed E-state index contributed by atoms with van der Waals surface area (Å²) in [5, 5.41) is 10.1. The topological polar surface area (TPSA) is 58.9 Å². The Labute approximate surface area is 119 Å². The molecule has 5 heteroatoms. The van der Waals surface area contributed by atoms with E-state index in [0.717, 1.165) is 11.4 Å². The summed E-state index contributed by atoms with van der Waals surface area (Å²) >= 11 is 0. The van der Waals surface area contributed by atoms with Crippen LogP contribution in [0.4, 0.5) is 5.69 Å². The number of hydrogen-bond acceptors (Lipinski definition) is 3. The molecule has 0 aliphatic carbocycles. The molecule has 0 saturated heterocycles. The van der Waals surface area contributed by atoms with Gasteiger partial charge in [-0.3, -0.25) is 9.48 Å². The van der Waals surface area contributed by atoms with Crippen LogP contribution in [0.5, 0.6) is 0 Å². The van der Waals surface area contributed by atoms with Crippen molar-refractivity contribution in [2.24, 2.45) is 7.05 Å². The van der Waals surface area contributed by atoms with Gasteiger partial charge in [0, 0.05) is 24.5 Å². The molecule has 1 atom stereocenters. The fourth-order valence-corrected chi connectivity index (χ4v) is 1.94. The summed E-state index contributed by atoms with van der Waals surface area (Å²) in [5.74, 6) is -0.134. The Morgan fingerprint density at radius 1 is 1.30 bits per heavy atom. The first-order valence-electron chi connectivity index (χ1n) is 6.60. The van der Waals surface area contributed by atoms with Crippen LogP contribution in [0.3, 0.4) is 0 Å². The quantitative estimate of drug-likeness (QED) is 0.897. The lowest BCUT2D eigenvalue weighted by Gasteiger charge is -2.11. The van der Waals surface area contributed by atoms with Crippen molar-refractivity contribution in [1.29, 1.82) is 0 Å². The van der Waals surface area contributed by atoms with Gasteiger partial charge in [-0.1, -0.05) is 12.1 Å². The lowest BCUT2D eigenvalue weighted by atomic mass is 10.1. The number of hydrogen-bond donors (Lipinski definition) is 2. The molecule has 0 saturated carbocycles. The predicted octanol–water partition coefficient (Wildman–Crippen LogP) is 2.26. The summed E-state index contributed by atoms with van der Waals surface area (Å²) in [6.45, 7) is 3.96. The minimum Gasteiger partial charge on any atom is -0.322 e. The van der Waals surface area contributed by atoms with Gasteiger partial charge in [0.1, 0.15) is 0 Å². The summed E-state index contributed by atoms with van der Waals surface area (Å²) in [4.78, 5) is 12.1. The predicted molar refractivity (Wildman–Crippen MR) is 79.8 cm³/mol. The Bertz CT molecular complexity index is 601. The van der Waals surface area contributed by atoms with E-state index < -0.39 is 0 Å². The van der Waals surface area contributed by atoms with Crippen LogP contribution in [0, 0.1) is 6.92 Å². The molecule has 2 N–H and O–H groups in total. The molecule has 2 rings (SSSR count). The summed E-state index contributed by atoms with van der Waals surface area (Å²) in [6, 6.07) is 8.12. The lowest BCUT2D eigenvalue weighted by molar-refractivity contribution is 0.102. The zero-order chi connectivity index (χ0) is 14.7. The molecule has 1 aromatic carbocycles. The zero-order valence-corrected chi connectivity index (χ0v) is 12.3. The molecule has 20 heavy (non-hydrogen) atoms. The van der Waals surface area contributed by atoms with Gasteiger partial charge in [0.05, 0.1) is 11.8 Å². The van der Waals surface area contributed by atoms with Crippen molar-refractivity contribution in [3.8, 4) is 0 Å².